The van der Waals surface area contributed by atoms with Gasteiger partial charge >= 0.3 is 0 Å². The lowest BCUT2D eigenvalue weighted by atomic mass is 9.88. The predicted molar refractivity (Wildman–Crippen MR) is 116 cm³/mol. The zero-order valence-electron chi connectivity index (χ0n) is 15.0. The van der Waals surface area contributed by atoms with Gasteiger partial charge in [-0.05, 0) is 65.4 Å². The Labute approximate surface area is 171 Å². The third kappa shape index (κ3) is 4.94. The monoisotopic (exact) mass is 395 g/mol. The van der Waals surface area contributed by atoms with Gasteiger partial charge in [-0.1, -0.05) is 66.2 Å². The Balaban J connectivity index is 2.20. The van der Waals surface area contributed by atoms with Crippen molar-refractivity contribution in [3.8, 4) is 5.75 Å². The van der Waals surface area contributed by atoms with Crippen LogP contribution >= 0.6 is 23.2 Å². The van der Waals surface area contributed by atoms with Crippen LogP contribution in [0.2, 0.25) is 5.02 Å². The maximum atomic E-state index is 6.17. The number of hydrogen-bond acceptors (Lipinski definition) is 1. The largest absolute Gasteiger partial charge is 0.494 e. The molecule has 0 amide bonds. The Morgan fingerprint density at radius 1 is 0.778 bits per heavy atom. The Kier molecular flexibility index (Phi) is 6.98. The smallest absolute Gasteiger partial charge is 0.119 e. The van der Waals surface area contributed by atoms with Crippen molar-refractivity contribution in [1.82, 2.24) is 0 Å². The summed E-state index contributed by atoms with van der Waals surface area (Å²) in [5, 5.41) is 0.718. The lowest BCUT2D eigenvalue weighted by molar-refractivity contribution is 0.361. The molecule has 1 nitrogen and oxygen atoms in total. The molecule has 0 unspecified atom stereocenters. The molecule has 0 fully saturated rings. The van der Waals surface area contributed by atoms with Gasteiger partial charge in [0.25, 0.3) is 0 Å². The molecule has 0 aromatic heterocycles. The summed E-state index contributed by atoms with van der Waals surface area (Å²) in [6.45, 7) is 4.13. The molecule has 0 heterocycles. The molecule has 0 bridgehead atoms. The highest BCUT2D eigenvalue weighted by Gasteiger charge is 2.14. The van der Waals surface area contributed by atoms with Gasteiger partial charge in [0.05, 0.1) is 6.61 Å². The van der Waals surface area contributed by atoms with Gasteiger partial charge in [-0.3, -0.25) is 0 Å². The first-order chi connectivity index (χ1) is 13.2. The number of alkyl halides is 1. The average molecular weight is 396 g/mol. The predicted octanol–water partition coefficient (Wildman–Crippen LogP) is 7.14. The molecule has 0 atom stereocenters. The van der Waals surface area contributed by atoms with E-state index < -0.39 is 0 Å². The molecule has 0 aliphatic heterocycles. The summed E-state index contributed by atoms with van der Waals surface area (Å²) in [6.07, 6.45) is 0.765. The molecule has 0 saturated heterocycles. The summed E-state index contributed by atoms with van der Waals surface area (Å²) in [5.74, 6) is 1.35. The van der Waals surface area contributed by atoms with E-state index in [2.05, 4.69) is 43.3 Å². The lowest BCUT2D eigenvalue weighted by Gasteiger charge is -2.17. The molecule has 3 aromatic carbocycles. The van der Waals surface area contributed by atoms with Crippen molar-refractivity contribution < 1.29 is 4.74 Å². The van der Waals surface area contributed by atoms with Crippen LogP contribution in [0.5, 0.6) is 5.75 Å². The highest BCUT2D eigenvalue weighted by molar-refractivity contribution is 6.30. The van der Waals surface area contributed by atoms with Gasteiger partial charge in [-0.25, -0.2) is 0 Å². The Bertz CT molecular complexity index is 882. The van der Waals surface area contributed by atoms with Crippen molar-refractivity contribution in [3.63, 3.8) is 0 Å². The molecule has 0 spiro atoms. The highest BCUT2D eigenvalue weighted by atomic mass is 35.5. The van der Waals surface area contributed by atoms with Crippen LogP contribution in [0, 0.1) is 6.92 Å². The topological polar surface area (TPSA) is 9.23 Å². The SMILES string of the molecule is [CH2]COc1ccc(/C(=C(/CCCl)c2ccccc2)c2ccc(Cl)cc2)cc1. The third-order valence-corrected chi connectivity index (χ3v) is 4.75. The van der Waals surface area contributed by atoms with Crippen molar-refractivity contribution in [2.45, 2.75) is 6.42 Å². The van der Waals surface area contributed by atoms with Crippen molar-refractivity contribution in [2.75, 3.05) is 12.5 Å². The van der Waals surface area contributed by atoms with E-state index in [1.807, 2.05) is 42.5 Å². The molecule has 137 valence electrons. The minimum Gasteiger partial charge on any atom is -0.494 e. The lowest BCUT2D eigenvalue weighted by Crippen LogP contribution is -1.97. The van der Waals surface area contributed by atoms with Crippen LogP contribution in [0.3, 0.4) is 0 Å². The van der Waals surface area contributed by atoms with E-state index in [0.717, 1.165) is 33.9 Å². The second-order valence-electron chi connectivity index (χ2n) is 6.04. The Morgan fingerprint density at radius 3 is 1.93 bits per heavy atom. The van der Waals surface area contributed by atoms with Crippen LogP contribution in [0.15, 0.2) is 78.9 Å². The first-order valence-corrected chi connectivity index (χ1v) is 9.77. The summed E-state index contributed by atoms with van der Waals surface area (Å²) in [5.41, 5.74) is 5.74. The number of allylic oxidation sites excluding steroid dienone is 1. The molecule has 0 N–H and O–H groups in total. The van der Waals surface area contributed by atoms with Crippen LogP contribution in [0.4, 0.5) is 0 Å². The molecule has 1 radical (unpaired) electrons. The van der Waals surface area contributed by atoms with E-state index in [1.54, 1.807) is 0 Å². The van der Waals surface area contributed by atoms with E-state index in [1.165, 1.54) is 11.1 Å². The van der Waals surface area contributed by atoms with E-state index in [-0.39, 0.29) is 0 Å². The van der Waals surface area contributed by atoms with E-state index in [4.69, 9.17) is 27.9 Å². The normalized spacial score (nSPS) is 11.8. The number of benzene rings is 3. The van der Waals surface area contributed by atoms with Gasteiger partial charge in [-0.2, -0.15) is 0 Å². The van der Waals surface area contributed by atoms with Crippen LogP contribution < -0.4 is 4.74 Å². The molecule has 3 rings (SSSR count). The fourth-order valence-electron chi connectivity index (χ4n) is 3.11. The van der Waals surface area contributed by atoms with E-state index >= 15 is 0 Å². The summed E-state index contributed by atoms with van der Waals surface area (Å²) < 4.78 is 5.49. The molecule has 3 heteroatoms. The Hall–Kier alpha value is -2.22. The number of hydrogen-bond donors (Lipinski definition) is 0. The zero-order valence-corrected chi connectivity index (χ0v) is 16.5. The highest BCUT2D eigenvalue weighted by Crippen LogP contribution is 2.35. The fourth-order valence-corrected chi connectivity index (χ4v) is 3.43. The van der Waals surface area contributed by atoms with Crippen LogP contribution in [-0.2, 0) is 0 Å². The van der Waals surface area contributed by atoms with Crippen molar-refractivity contribution in [2.24, 2.45) is 0 Å². The van der Waals surface area contributed by atoms with Crippen LogP contribution in [0.25, 0.3) is 11.1 Å². The van der Waals surface area contributed by atoms with E-state index in [0.29, 0.717) is 12.5 Å². The molecular formula is C24H21Cl2O. The standard InChI is InChI=1S/C24H21Cl2O/c1-2-27-22-14-10-20(11-15-22)24(19-8-12-21(26)13-9-19)23(16-17-25)18-6-4-3-5-7-18/h3-15H,1-2,16-17H2/b24-23-. The van der Waals surface area contributed by atoms with Gasteiger partial charge in [0.2, 0.25) is 0 Å². The number of rotatable bonds is 7. The van der Waals surface area contributed by atoms with Gasteiger partial charge in [-0.15, -0.1) is 11.6 Å². The number of ether oxygens (including phenoxy) is 1. The molecular weight excluding hydrogens is 375 g/mol. The second kappa shape index (κ2) is 9.64. The molecule has 0 aliphatic rings. The van der Waals surface area contributed by atoms with E-state index in [9.17, 15) is 0 Å². The third-order valence-electron chi connectivity index (χ3n) is 4.31. The van der Waals surface area contributed by atoms with Crippen molar-refractivity contribution in [1.29, 1.82) is 0 Å². The summed E-state index contributed by atoms with van der Waals surface area (Å²) >= 11 is 12.3. The minimum absolute atomic E-state index is 0.404. The zero-order chi connectivity index (χ0) is 19.1. The van der Waals surface area contributed by atoms with Gasteiger partial charge < -0.3 is 4.74 Å². The van der Waals surface area contributed by atoms with Gasteiger partial charge in [0, 0.05) is 10.9 Å². The maximum absolute atomic E-state index is 6.17. The summed E-state index contributed by atoms with van der Waals surface area (Å²) in [4.78, 5) is 0. The first-order valence-electron chi connectivity index (χ1n) is 8.86. The van der Waals surface area contributed by atoms with Crippen LogP contribution in [0.1, 0.15) is 23.1 Å². The quantitative estimate of drug-likeness (QED) is 0.305. The molecule has 0 saturated carbocycles. The first kappa shape index (κ1) is 19.5. The molecule has 27 heavy (non-hydrogen) atoms. The van der Waals surface area contributed by atoms with Crippen molar-refractivity contribution >= 4 is 34.3 Å². The second-order valence-corrected chi connectivity index (χ2v) is 6.85. The number of halogens is 2. The summed E-state index contributed by atoms with van der Waals surface area (Å²) in [6, 6.07) is 26.4. The average Bonchev–Trinajstić information content (AvgIpc) is 2.71. The van der Waals surface area contributed by atoms with Gasteiger partial charge in [0.1, 0.15) is 5.75 Å². The fraction of sp³-hybridized carbons (Fsp3) is 0.125. The molecule has 3 aromatic rings. The Morgan fingerprint density at radius 2 is 1.37 bits per heavy atom. The minimum atomic E-state index is 0.404. The van der Waals surface area contributed by atoms with Gasteiger partial charge in [0.15, 0.2) is 0 Å². The maximum Gasteiger partial charge on any atom is 0.119 e. The van der Waals surface area contributed by atoms with Crippen LogP contribution in [-0.4, -0.2) is 12.5 Å². The van der Waals surface area contributed by atoms with Crippen molar-refractivity contribution in [3.05, 3.63) is 107 Å². The summed E-state index contributed by atoms with van der Waals surface area (Å²) in [7, 11) is 0. The molecule has 0 aliphatic carbocycles.